The summed E-state index contributed by atoms with van der Waals surface area (Å²) >= 11 is 0. The molecule has 0 saturated carbocycles. The monoisotopic (exact) mass is 305 g/mol. The molecule has 0 aliphatic carbocycles. The zero-order valence-corrected chi connectivity index (χ0v) is 13.5. The fourth-order valence-electron chi connectivity index (χ4n) is 3.20. The number of fused-ring (bicyclic) bond motifs is 3. The van der Waals surface area contributed by atoms with Crippen molar-refractivity contribution in [2.45, 2.75) is 20.0 Å². The third-order valence-electron chi connectivity index (χ3n) is 4.36. The number of ether oxygens (including phenoxy) is 1. The van der Waals surface area contributed by atoms with Gasteiger partial charge in [-0.3, -0.25) is 0 Å². The highest BCUT2D eigenvalue weighted by atomic mass is 16.5. The van der Waals surface area contributed by atoms with Gasteiger partial charge in [0.2, 0.25) is 0 Å². The van der Waals surface area contributed by atoms with Crippen molar-refractivity contribution >= 4 is 5.69 Å². The van der Waals surface area contributed by atoms with E-state index in [0.717, 1.165) is 22.7 Å². The van der Waals surface area contributed by atoms with Crippen LogP contribution >= 0.6 is 0 Å². The van der Waals surface area contributed by atoms with Crippen molar-refractivity contribution in [2.24, 2.45) is 0 Å². The van der Waals surface area contributed by atoms with Crippen LogP contribution in [0, 0.1) is 13.8 Å². The Bertz CT molecular complexity index is 865. The molecule has 0 spiro atoms. The SMILES string of the molecule is COc1ccc([C@@H]2Nc3c(C)cccc3-c3cc(C)nn32)cc1. The minimum Gasteiger partial charge on any atom is -0.497 e. The number of hydrogen-bond acceptors (Lipinski definition) is 3. The largest absolute Gasteiger partial charge is 0.497 e. The highest BCUT2D eigenvalue weighted by Gasteiger charge is 2.27. The Balaban J connectivity index is 1.87. The number of methoxy groups -OCH3 is 1. The van der Waals surface area contributed by atoms with Crippen LogP contribution in [0.2, 0.25) is 0 Å². The fraction of sp³-hybridized carbons (Fsp3) is 0.211. The lowest BCUT2D eigenvalue weighted by Gasteiger charge is -2.30. The van der Waals surface area contributed by atoms with Gasteiger partial charge in [0.05, 0.1) is 18.5 Å². The van der Waals surface area contributed by atoms with Crippen molar-refractivity contribution in [3.8, 4) is 17.0 Å². The molecule has 4 heteroatoms. The number of hydrogen-bond donors (Lipinski definition) is 1. The van der Waals surface area contributed by atoms with Gasteiger partial charge < -0.3 is 10.1 Å². The zero-order valence-electron chi connectivity index (χ0n) is 13.5. The molecule has 0 bridgehead atoms. The van der Waals surface area contributed by atoms with E-state index in [1.807, 2.05) is 19.1 Å². The third-order valence-corrected chi connectivity index (χ3v) is 4.36. The van der Waals surface area contributed by atoms with Gasteiger partial charge in [-0.05, 0) is 43.2 Å². The lowest BCUT2D eigenvalue weighted by molar-refractivity contribution is 0.414. The third kappa shape index (κ3) is 2.18. The van der Waals surface area contributed by atoms with Gasteiger partial charge in [0.25, 0.3) is 0 Å². The number of benzene rings is 2. The molecule has 2 aromatic carbocycles. The summed E-state index contributed by atoms with van der Waals surface area (Å²) in [6.45, 7) is 4.17. The van der Waals surface area contributed by atoms with E-state index >= 15 is 0 Å². The Morgan fingerprint density at radius 1 is 1.09 bits per heavy atom. The first-order chi connectivity index (χ1) is 11.2. The van der Waals surface area contributed by atoms with Crippen LogP contribution in [0.1, 0.15) is 23.0 Å². The maximum absolute atomic E-state index is 5.26. The van der Waals surface area contributed by atoms with Gasteiger partial charge in [-0.25, -0.2) is 4.68 Å². The number of anilines is 1. The Hall–Kier alpha value is -2.75. The molecule has 1 atom stereocenters. The van der Waals surface area contributed by atoms with E-state index in [4.69, 9.17) is 9.84 Å². The molecule has 0 radical (unpaired) electrons. The molecule has 23 heavy (non-hydrogen) atoms. The minimum absolute atomic E-state index is 0.0155. The highest BCUT2D eigenvalue weighted by molar-refractivity contribution is 5.81. The highest BCUT2D eigenvalue weighted by Crippen LogP contribution is 2.40. The molecule has 1 N–H and O–H groups in total. The second-order valence-electron chi connectivity index (χ2n) is 5.93. The van der Waals surface area contributed by atoms with Crippen molar-refractivity contribution in [1.29, 1.82) is 0 Å². The van der Waals surface area contributed by atoms with Crippen LogP contribution in [-0.2, 0) is 0 Å². The number of aromatic nitrogens is 2. The van der Waals surface area contributed by atoms with Gasteiger partial charge in [0.1, 0.15) is 11.9 Å². The van der Waals surface area contributed by atoms with E-state index in [1.54, 1.807) is 7.11 Å². The standard InChI is InChI=1S/C19H19N3O/c1-12-5-4-6-16-17-11-13(2)21-22(17)19(20-18(12)16)14-7-9-15(23-3)10-8-14/h4-11,19-20H,1-3H3/t19-/m1/s1. The van der Waals surface area contributed by atoms with Gasteiger partial charge in [-0.2, -0.15) is 5.10 Å². The van der Waals surface area contributed by atoms with Crippen LogP contribution in [0.3, 0.4) is 0 Å². The van der Waals surface area contributed by atoms with Crippen molar-refractivity contribution in [1.82, 2.24) is 9.78 Å². The molecule has 1 aliphatic rings. The van der Waals surface area contributed by atoms with Crippen molar-refractivity contribution in [2.75, 3.05) is 12.4 Å². The van der Waals surface area contributed by atoms with Crippen LogP contribution < -0.4 is 10.1 Å². The maximum atomic E-state index is 5.26. The van der Waals surface area contributed by atoms with Crippen LogP contribution in [0.5, 0.6) is 5.75 Å². The Kier molecular flexibility index (Phi) is 3.11. The second-order valence-corrected chi connectivity index (χ2v) is 5.93. The molecule has 1 aliphatic heterocycles. The predicted octanol–water partition coefficient (Wildman–Crippen LogP) is 4.15. The molecule has 4 rings (SSSR count). The average molecular weight is 305 g/mol. The van der Waals surface area contributed by atoms with E-state index in [-0.39, 0.29) is 6.17 Å². The lowest BCUT2D eigenvalue weighted by Crippen LogP contribution is -2.26. The second kappa shape index (κ2) is 5.16. The number of rotatable bonds is 2. The zero-order chi connectivity index (χ0) is 16.0. The van der Waals surface area contributed by atoms with E-state index in [9.17, 15) is 0 Å². The van der Waals surface area contributed by atoms with Gasteiger partial charge >= 0.3 is 0 Å². The molecule has 0 unspecified atom stereocenters. The molecule has 4 nitrogen and oxygen atoms in total. The fourth-order valence-corrected chi connectivity index (χ4v) is 3.20. The first kappa shape index (κ1) is 13.9. The van der Waals surface area contributed by atoms with Crippen molar-refractivity contribution in [3.05, 3.63) is 65.4 Å². The van der Waals surface area contributed by atoms with Crippen molar-refractivity contribution in [3.63, 3.8) is 0 Å². The quantitative estimate of drug-likeness (QED) is 0.773. The van der Waals surface area contributed by atoms with Crippen LogP contribution in [-0.4, -0.2) is 16.9 Å². The van der Waals surface area contributed by atoms with E-state index in [2.05, 4.69) is 53.3 Å². The minimum atomic E-state index is -0.0155. The van der Waals surface area contributed by atoms with Crippen LogP contribution in [0.4, 0.5) is 5.69 Å². The Morgan fingerprint density at radius 2 is 1.87 bits per heavy atom. The summed E-state index contributed by atoms with van der Waals surface area (Å²) in [6.07, 6.45) is -0.0155. The summed E-state index contributed by atoms with van der Waals surface area (Å²) in [7, 11) is 1.68. The van der Waals surface area contributed by atoms with Gasteiger partial charge in [0.15, 0.2) is 0 Å². The van der Waals surface area contributed by atoms with E-state index in [0.29, 0.717) is 0 Å². The average Bonchev–Trinajstić information content (AvgIpc) is 2.96. The number of para-hydroxylation sites is 1. The van der Waals surface area contributed by atoms with Crippen molar-refractivity contribution < 1.29 is 4.74 Å². The smallest absolute Gasteiger partial charge is 0.147 e. The van der Waals surface area contributed by atoms with Crippen LogP contribution in [0.25, 0.3) is 11.3 Å². The molecule has 0 amide bonds. The Labute approximate surface area is 135 Å². The summed E-state index contributed by atoms with van der Waals surface area (Å²) in [5.74, 6) is 0.859. The van der Waals surface area contributed by atoms with E-state index in [1.165, 1.54) is 16.8 Å². The molecule has 1 aromatic heterocycles. The summed E-state index contributed by atoms with van der Waals surface area (Å²) in [4.78, 5) is 0. The summed E-state index contributed by atoms with van der Waals surface area (Å²) in [6, 6.07) is 16.7. The van der Waals surface area contributed by atoms with E-state index < -0.39 is 0 Å². The summed E-state index contributed by atoms with van der Waals surface area (Å²) < 4.78 is 7.33. The first-order valence-corrected chi connectivity index (χ1v) is 7.74. The molecule has 0 fully saturated rings. The summed E-state index contributed by atoms with van der Waals surface area (Å²) in [5, 5.41) is 8.35. The molecule has 2 heterocycles. The number of nitrogens with one attached hydrogen (secondary N) is 1. The topological polar surface area (TPSA) is 39.1 Å². The molecule has 3 aromatic rings. The molecule has 0 saturated heterocycles. The normalized spacial score (nSPS) is 15.5. The maximum Gasteiger partial charge on any atom is 0.147 e. The van der Waals surface area contributed by atoms with Gasteiger partial charge in [-0.15, -0.1) is 0 Å². The molecular formula is C19H19N3O. The Morgan fingerprint density at radius 3 is 2.61 bits per heavy atom. The number of nitrogens with zero attached hydrogens (tertiary/aromatic N) is 2. The molecule has 116 valence electrons. The van der Waals surface area contributed by atoms with Gasteiger partial charge in [-0.1, -0.05) is 30.3 Å². The van der Waals surface area contributed by atoms with Gasteiger partial charge in [0, 0.05) is 11.3 Å². The lowest BCUT2D eigenvalue weighted by atomic mass is 10.0. The molecular weight excluding hydrogens is 286 g/mol. The van der Waals surface area contributed by atoms with Crippen LogP contribution in [0.15, 0.2) is 48.5 Å². The predicted molar refractivity (Wildman–Crippen MR) is 91.9 cm³/mol. The number of aryl methyl sites for hydroxylation is 2. The summed E-state index contributed by atoms with van der Waals surface area (Å²) in [5.41, 5.74) is 6.96. The first-order valence-electron chi connectivity index (χ1n) is 7.74.